The molecule has 1 aliphatic rings. The lowest BCUT2D eigenvalue weighted by molar-refractivity contribution is -0.137. The van der Waals surface area contributed by atoms with E-state index in [9.17, 15) is 22.4 Å². The smallest absolute Gasteiger partial charge is 0.370 e. The van der Waals surface area contributed by atoms with Gasteiger partial charge >= 0.3 is 6.18 Å². The largest absolute Gasteiger partial charge is 0.416 e. The second kappa shape index (κ2) is 10.1. The number of nitrogens with one attached hydrogen (secondary N) is 3. The fraction of sp³-hybridized carbons (Fsp3) is 0.286. The van der Waals surface area contributed by atoms with Crippen molar-refractivity contribution in [2.24, 2.45) is 0 Å². The number of hydrogen-bond donors (Lipinski definition) is 3. The number of carbonyl (C=O) groups is 1. The average molecular weight is 567 g/mol. The van der Waals surface area contributed by atoms with Crippen molar-refractivity contribution in [3.63, 3.8) is 0 Å². The fourth-order valence-corrected chi connectivity index (χ4v) is 5.66. The highest BCUT2D eigenvalue weighted by Crippen LogP contribution is 2.38. The molecule has 0 atom stereocenters. The maximum atomic E-state index is 14.4. The molecule has 0 spiro atoms. The highest BCUT2D eigenvalue weighted by Gasteiger charge is 2.33. The highest BCUT2D eigenvalue weighted by atomic mass is 19.4. The van der Waals surface area contributed by atoms with Gasteiger partial charge in [-0.15, -0.1) is 0 Å². The summed E-state index contributed by atoms with van der Waals surface area (Å²) in [6, 6.07) is 13.1. The third kappa shape index (κ3) is 4.92. The van der Waals surface area contributed by atoms with Gasteiger partial charge in [-0.2, -0.15) is 28.6 Å². The number of piperidine rings is 1. The number of imidazole rings is 1. The number of rotatable bonds is 5. The quantitative estimate of drug-likeness (QED) is 0.254. The molecule has 0 radical (unpaired) electrons. The molecule has 41 heavy (non-hydrogen) atoms. The standard InChI is InChI=1S/C28H26F4N8O/c1-16(41)34-21-7-5-18(28(30,31)32)13-24(21)38-11-9-20(10-12-38)40-25-14-19(29)6-8-23(25)39(27(40)33)15-17-3-2-4-22-26(17)36-37-35-22/h2-8,13-14,20,33H,9-12,15H2,1H3,(H,34,41)(H,35,36,37). The molecule has 1 fully saturated rings. The van der Waals surface area contributed by atoms with E-state index < -0.39 is 17.6 Å². The Morgan fingerprint density at radius 1 is 1.07 bits per heavy atom. The van der Waals surface area contributed by atoms with Gasteiger partial charge in [0, 0.05) is 31.6 Å². The first-order valence-corrected chi connectivity index (χ1v) is 13.1. The van der Waals surface area contributed by atoms with E-state index in [1.54, 1.807) is 15.2 Å². The van der Waals surface area contributed by atoms with Crippen molar-refractivity contribution in [3.05, 3.63) is 77.2 Å². The van der Waals surface area contributed by atoms with Crippen LogP contribution in [0.25, 0.3) is 22.1 Å². The van der Waals surface area contributed by atoms with Crippen LogP contribution in [0.3, 0.4) is 0 Å². The number of anilines is 2. The highest BCUT2D eigenvalue weighted by molar-refractivity contribution is 5.93. The molecule has 1 amide bonds. The summed E-state index contributed by atoms with van der Waals surface area (Å²) in [4.78, 5) is 13.5. The first kappa shape index (κ1) is 26.5. The molecule has 0 saturated carbocycles. The topological polar surface area (TPSA) is 108 Å². The molecular weight excluding hydrogens is 540 g/mol. The molecule has 3 heterocycles. The van der Waals surface area contributed by atoms with Crippen LogP contribution in [0.5, 0.6) is 0 Å². The van der Waals surface area contributed by atoms with Crippen molar-refractivity contribution in [3.8, 4) is 0 Å². The molecule has 0 bridgehead atoms. The van der Waals surface area contributed by atoms with Crippen LogP contribution in [0.1, 0.15) is 36.9 Å². The summed E-state index contributed by atoms with van der Waals surface area (Å²) >= 11 is 0. The minimum atomic E-state index is -4.53. The molecule has 3 aromatic carbocycles. The molecule has 212 valence electrons. The van der Waals surface area contributed by atoms with Gasteiger partial charge in [-0.1, -0.05) is 12.1 Å². The molecule has 1 saturated heterocycles. The normalized spacial score (nSPS) is 14.7. The van der Waals surface area contributed by atoms with Crippen LogP contribution in [0.4, 0.5) is 28.9 Å². The van der Waals surface area contributed by atoms with Gasteiger partial charge in [0.25, 0.3) is 0 Å². The van der Waals surface area contributed by atoms with E-state index in [1.165, 1.54) is 25.1 Å². The van der Waals surface area contributed by atoms with Gasteiger partial charge in [0.2, 0.25) is 11.5 Å². The van der Waals surface area contributed by atoms with E-state index >= 15 is 0 Å². The Labute approximate surface area is 230 Å². The van der Waals surface area contributed by atoms with Crippen LogP contribution in [-0.4, -0.2) is 43.5 Å². The lowest BCUT2D eigenvalue weighted by Crippen LogP contribution is -2.38. The Kier molecular flexibility index (Phi) is 6.51. The molecule has 6 rings (SSSR count). The van der Waals surface area contributed by atoms with Crippen LogP contribution in [0, 0.1) is 11.2 Å². The maximum Gasteiger partial charge on any atom is 0.416 e. The number of hydrogen-bond acceptors (Lipinski definition) is 5. The Balaban J connectivity index is 1.33. The number of carbonyl (C=O) groups excluding carboxylic acids is 1. The first-order valence-electron chi connectivity index (χ1n) is 13.1. The number of aromatic amines is 1. The number of H-pyrrole nitrogens is 1. The zero-order valence-corrected chi connectivity index (χ0v) is 22.0. The van der Waals surface area contributed by atoms with Crippen molar-refractivity contribution in [2.45, 2.75) is 38.5 Å². The second-order valence-electron chi connectivity index (χ2n) is 10.2. The molecule has 1 aliphatic heterocycles. The second-order valence-corrected chi connectivity index (χ2v) is 10.2. The number of alkyl halides is 3. The fourth-order valence-electron chi connectivity index (χ4n) is 5.66. The molecule has 2 aromatic heterocycles. The van der Waals surface area contributed by atoms with Crippen molar-refractivity contribution in [1.82, 2.24) is 24.5 Å². The van der Waals surface area contributed by atoms with Crippen LogP contribution in [-0.2, 0) is 17.5 Å². The molecule has 0 aliphatic carbocycles. The van der Waals surface area contributed by atoms with Crippen molar-refractivity contribution < 1.29 is 22.4 Å². The van der Waals surface area contributed by atoms with Gasteiger partial charge in [0.05, 0.1) is 34.5 Å². The van der Waals surface area contributed by atoms with Crippen molar-refractivity contribution in [2.75, 3.05) is 23.3 Å². The van der Waals surface area contributed by atoms with Gasteiger partial charge in [-0.25, -0.2) is 4.39 Å². The summed E-state index contributed by atoms with van der Waals surface area (Å²) in [5.41, 5.74) is 3.47. The number of nitrogens with zero attached hydrogens (tertiary/aromatic N) is 5. The SMILES string of the molecule is CC(=O)Nc1ccc(C(F)(F)F)cc1N1CCC(n2c(=N)n(Cc3cccc4n[nH]nc34)c3ccc(F)cc32)CC1. The molecule has 5 aromatic rings. The predicted octanol–water partition coefficient (Wildman–Crippen LogP) is 5.20. The van der Waals surface area contributed by atoms with Crippen LogP contribution in [0.15, 0.2) is 54.6 Å². The van der Waals surface area contributed by atoms with Crippen LogP contribution >= 0.6 is 0 Å². The van der Waals surface area contributed by atoms with Crippen LogP contribution < -0.4 is 15.8 Å². The third-order valence-electron chi connectivity index (χ3n) is 7.54. The van der Waals surface area contributed by atoms with E-state index in [0.717, 1.165) is 17.7 Å². The maximum absolute atomic E-state index is 14.4. The van der Waals surface area contributed by atoms with E-state index in [4.69, 9.17) is 5.41 Å². The molecular formula is C28H26F4N8O. The lowest BCUT2D eigenvalue weighted by atomic mass is 10.0. The van der Waals surface area contributed by atoms with Gasteiger partial charge in [0.1, 0.15) is 16.9 Å². The van der Waals surface area contributed by atoms with Gasteiger partial charge < -0.3 is 19.4 Å². The summed E-state index contributed by atoms with van der Waals surface area (Å²) in [6.45, 7) is 2.38. The van der Waals surface area contributed by atoms with E-state index in [2.05, 4.69) is 20.7 Å². The van der Waals surface area contributed by atoms with E-state index in [1.807, 2.05) is 23.1 Å². The zero-order chi connectivity index (χ0) is 28.9. The summed E-state index contributed by atoms with van der Waals surface area (Å²) in [5, 5.41) is 22.7. The van der Waals surface area contributed by atoms with E-state index in [-0.39, 0.29) is 17.6 Å². The van der Waals surface area contributed by atoms with Gasteiger partial charge in [-0.3, -0.25) is 10.2 Å². The van der Waals surface area contributed by atoms with Gasteiger partial charge in [-0.05, 0) is 55.3 Å². The zero-order valence-electron chi connectivity index (χ0n) is 22.0. The summed E-state index contributed by atoms with van der Waals surface area (Å²) in [6.07, 6.45) is -3.53. The third-order valence-corrected chi connectivity index (χ3v) is 7.54. The number of amides is 1. The monoisotopic (exact) mass is 566 g/mol. The number of aromatic nitrogens is 5. The number of benzene rings is 3. The molecule has 9 nitrogen and oxygen atoms in total. The van der Waals surface area contributed by atoms with Crippen molar-refractivity contribution in [1.29, 1.82) is 5.41 Å². The minimum Gasteiger partial charge on any atom is -0.370 e. The minimum absolute atomic E-state index is 0.183. The number of para-hydroxylation sites is 1. The number of halogens is 4. The summed E-state index contributed by atoms with van der Waals surface area (Å²) < 4.78 is 58.5. The first-order chi connectivity index (χ1) is 19.6. The molecule has 0 unspecified atom stereocenters. The average Bonchev–Trinajstić information content (AvgIpc) is 3.51. The lowest BCUT2D eigenvalue weighted by Gasteiger charge is -2.35. The Bertz CT molecular complexity index is 1830. The number of fused-ring (bicyclic) bond motifs is 2. The summed E-state index contributed by atoms with van der Waals surface area (Å²) in [7, 11) is 0. The predicted molar refractivity (Wildman–Crippen MR) is 145 cm³/mol. The summed E-state index contributed by atoms with van der Waals surface area (Å²) in [5.74, 6) is -0.810. The molecule has 13 heteroatoms. The van der Waals surface area contributed by atoms with Crippen molar-refractivity contribution >= 4 is 39.3 Å². The Hall–Kier alpha value is -4.68. The Morgan fingerprint density at radius 3 is 2.59 bits per heavy atom. The molecule has 3 N–H and O–H groups in total. The van der Waals surface area contributed by atoms with E-state index in [0.29, 0.717) is 65.9 Å². The van der Waals surface area contributed by atoms with Gasteiger partial charge in [0.15, 0.2) is 0 Å². The Morgan fingerprint density at radius 2 is 1.85 bits per heavy atom. The van der Waals surface area contributed by atoms with Crippen LogP contribution in [0.2, 0.25) is 0 Å².